The number of nitrogens with one attached hydrogen (secondary N) is 2. The maximum absolute atomic E-state index is 13.7. The van der Waals surface area contributed by atoms with E-state index >= 15 is 0 Å². The fourth-order valence-electron chi connectivity index (χ4n) is 3.61. The second kappa shape index (κ2) is 11.6. The first-order valence-electron chi connectivity index (χ1n) is 11.3. The number of halogens is 3. The topological polar surface area (TPSA) is 88.2 Å². The monoisotopic (exact) mass is 541 g/mol. The van der Waals surface area contributed by atoms with Gasteiger partial charge in [0.05, 0.1) is 16.8 Å². The molecule has 0 atom stereocenters. The summed E-state index contributed by atoms with van der Waals surface area (Å²) in [6, 6.07) is 14.2. The third-order valence-electron chi connectivity index (χ3n) is 5.53. The highest BCUT2D eigenvalue weighted by molar-refractivity contribution is 7.89. The molecule has 3 aromatic carbocycles. The van der Waals surface area contributed by atoms with Gasteiger partial charge in [0, 0.05) is 46.2 Å². The third-order valence-corrected chi connectivity index (χ3v) is 7.24. The number of aromatic nitrogens is 1. The standard InChI is InChI=1S/C27H22ClF2N3O3S/c28-20-7-10-22-19(15-20)16-31-17-26(22)32-13-2-14-33-37(35,36)21-8-5-18(6-9-21)27(34)12-11-23-24(29)3-1-4-25(23)30/h1,3-12,15-17,32-33H,2,13-14H2/b12-11+. The minimum Gasteiger partial charge on any atom is -0.383 e. The fourth-order valence-corrected chi connectivity index (χ4v) is 4.87. The van der Waals surface area contributed by atoms with E-state index in [2.05, 4.69) is 15.0 Å². The van der Waals surface area contributed by atoms with Crippen molar-refractivity contribution in [2.75, 3.05) is 18.4 Å². The summed E-state index contributed by atoms with van der Waals surface area (Å²) in [6.45, 7) is 0.700. The smallest absolute Gasteiger partial charge is 0.240 e. The Bertz CT molecular complexity index is 1560. The van der Waals surface area contributed by atoms with Crippen molar-refractivity contribution in [1.29, 1.82) is 0 Å². The van der Waals surface area contributed by atoms with Gasteiger partial charge < -0.3 is 5.32 Å². The second-order valence-electron chi connectivity index (χ2n) is 8.09. The van der Waals surface area contributed by atoms with Crippen molar-refractivity contribution in [3.63, 3.8) is 0 Å². The van der Waals surface area contributed by atoms with Gasteiger partial charge >= 0.3 is 0 Å². The zero-order chi connectivity index (χ0) is 26.4. The molecule has 10 heteroatoms. The normalized spacial score (nSPS) is 11.8. The SMILES string of the molecule is O=C(/C=C/c1c(F)cccc1F)c1ccc(S(=O)(=O)NCCCNc2cncc3cc(Cl)ccc23)cc1. The Balaban J connectivity index is 1.30. The zero-order valence-corrected chi connectivity index (χ0v) is 21.0. The molecule has 0 aliphatic rings. The second-order valence-corrected chi connectivity index (χ2v) is 10.3. The van der Waals surface area contributed by atoms with Gasteiger partial charge in [-0.25, -0.2) is 21.9 Å². The van der Waals surface area contributed by atoms with Crippen molar-refractivity contribution in [3.8, 4) is 0 Å². The number of ketones is 1. The van der Waals surface area contributed by atoms with Gasteiger partial charge in [-0.3, -0.25) is 9.78 Å². The molecule has 1 aromatic heterocycles. The van der Waals surface area contributed by atoms with Crippen LogP contribution in [0.3, 0.4) is 0 Å². The Hall–Kier alpha value is -3.66. The number of pyridine rings is 1. The summed E-state index contributed by atoms with van der Waals surface area (Å²) in [5.41, 5.74) is 0.681. The minimum atomic E-state index is -3.79. The molecule has 37 heavy (non-hydrogen) atoms. The summed E-state index contributed by atoms with van der Waals surface area (Å²) < 4.78 is 55.2. The Kier molecular flexibility index (Phi) is 8.27. The number of sulfonamides is 1. The molecule has 0 radical (unpaired) electrons. The maximum atomic E-state index is 13.7. The number of hydrogen-bond donors (Lipinski definition) is 2. The van der Waals surface area contributed by atoms with Crippen LogP contribution in [0.5, 0.6) is 0 Å². The van der Waals surface area contributed by atoms with E-state index in [0.717, 1.165) is 40.7 Å². The molecule has 0 aliphatic carbocycles. The quantitative estimate of drug-likeness (QED) is 0.149. The van der Waals surface area contributed by atoms with E-state index in [9.17, 15) is 22.0 Å². The first kappa shape index (κ1) is 26.4. The van der Waals surface area contributed by atoms with Crippen LogP contribution >= 0.6 is 11.6 Å². The lowest BCUT2D eigenvalue weighted by Gasteiger charge is -2.10. The molecule has 1 heterocycles. The molecular formula is C27H22ClF2N3O3S. The maximum Gasteiger partial charge on any atom is 0.240 e. The molecule has 0 amide bonds. The first-order chi connectivity index (χ1) is 17.7. The molecule has 0 bridgehead atoms. The van der Waals surface area contributed by atoms with Crippen LogP contribution < -0.4 is 10.0 Å². The van der Waals surface area contributed by atoms with Gasteiger partial charge in [-0.15, -0.1) is 0 Å². The Morgan fingerprint density at radius 1 is 0.973 bits per heavy atom. The van der Waals surface area contributed by atoms with E-state index in [-0.39, 0.29) is 22.6 Å². The molecule has 0 aliphatic heterocycles. The van der Waals surface area contributed by atoms with Crippen LogP contribution in [0.15, 0.2) is 84.0 Å². The lowest BCUT2D eigenvalue weighted by Crippen LogP contribution is -2.26. The van der Waals surface area contributed by atoms with Crippen LogP contribution in [0.2, 0.25) is 5.02 Å². The number of nitrogens with zero attached hydrogens (tertiary/aromatic N) is 1. The lowest BCUT2D eigenvalue weighted by molar-refractivity contribution is 0.104. The van der Waals surface area contributed by atoms with Gasteiger partial charge in [0.1, 0.15) is 11.6 Å². The highest BCUT2D eigenvalue weighted by atomic mass is 35.5. The van der Waals surface area contributed by atoms with Gasteiger partial charge in [0.25, 0.3) is 0 Å². The summed E-state index contributed by atoms with van der Waals surface area (Å²) in [6.07, 6.45) is 6.02. The van der Waals surface area contributed by atoms with Gasteiger partial charge in [-0.1, -0.05) is 23.7 Å². The fraction of sp³-hybridized carbons (Fsp3) is 0.111. The highest BCUT2D eigenvalue weighted by Gasteiger charge is 2.14. The van der Waals surface area contributed by atoms with Crippen molar-refractivity contribution >= 4 is 49.9 Å². The average Bonchev–Trinajstić information content (AvgIpc) is 2.88. The van der Waals surface area contributed by atoms with Crippen LogP contribution in [0.25, 0.3) is 16.8 Å². The van der Waals surface area contributed by atoms with Crippen molar-refractivity contribution in [1.82, 2.24) is 9.71 Å². The number of benzene rings is 3. The summed E-state index contributed by atoms with van der Waals surface area (Å²) in [5, 5.41) is 5.73. The number of anilines is 1. The van der Waals surface area contributed by atoms with E-state index in [1.807, 2.05) is 12.1 Å². The van der Waals surface area contributed by atoms with E-state index < -0.39 is 27.4 Å². The molecule has 6 nitrogen and oxygen atoms in total. The molecule has 0 unspecified atom stereocenters. The lowest BCUT2D eigenvalue weighted by atomic mass is 10.1. The van der Waals surface area contributed by atoms with Crippen molar-refractivity contribution in [3.05, 3.63) is 107 Å². The first-order valence-corrected chi connectivity index (χ1v) is 13.1. The molecule has 2 N–H and O–H groups in total. The Labute approximate surface area is 218 Å². The van der Waals surface area contributed by atoms with Gasteiger partial charge in [0.2, 0.25) is 10.0 Å². The van der Waals surface area contributed by atoms with Crippen LogP contribution in [0.4, 0.5) is 14.5 Å². The molecule has 4 rings (SSSR count). The molecule has 0 spiro atoms. The number of carbonyl (C=O) groups excluding carboxylic acids is 1. The van der Waals surface area contributed by atoms with Crippen LogP contribution in [-0.4, -0.2) is 32.3 Å². The van der Waals surface area contributed by atoms with Crippen molar-refractivity contribution in [2.24, 2.45) is 0 Å². The molecular weight excluding hydrogens is 520 g/mol. The van der Waals surface area contributed by atoms with Gasteiger partial charge in [-0.2, -0.15) is 0 Å². The van der Waals surface area contributed by atoms with Crippen LogP contribution in [-0.2, 0) is 10.0 Å². The summed E-state index contributed by atoms with van der Waals surface area (Å²) >= 11 is 6.02. The Morgan fingerprint density at radius 2 is 1.70 bits per heavy atom. The minimum absolute atomic E-state index is 0.00345. The number of rotatable bonds is 10. The van der Waals surface area contributed by atoms with E-state index in [0.29, 0.717) is 18.0 Å². The molecule has 0 saturated heterocycles. The number of allylic oxidation sites excluding steroid dienone is 1. The Morgan fingerprint density at radius 3 is 2.43 bits per heavy atom. The molecule has 190 valence electrons. The number of hydrogen-bond acceptors (Lipinski definition) is 5. The van der Waals surface area contributed by atoms with E-state index in [4.69, 9.17) is 11.6 Å². The number of fused-ring (bicyclic) bond motifs is 1. The predicted octanol–water partition coefficient (Wildman–Crippen LogP) is 5.84. The zero-order valence-electron chi connectivity index (χ0n) is 19.4. The number of carbonyl (C=O) groups is 1. The predicted molar refractivity (Wildman–Crippen MR) is 141 cm³/mol. The summed E-state index contributed by atoms with van der Waals surface area (Å²) in [5.74, 6) is -2.09. The van der Waals surface area contributed by atoms with Crippen LogP contribution in [0, 0.1) is 11.6 Å². The van der Waals surface area contributed by atoms with Gasteiger partial charge in [-0.05, 0) is 67.1 Å². The van der Waals surface area contributed by atoms with Gasteiger partial charge in [0.15, 0.2) is 5.78 Å². The highest BCUT2D eigenvalue weighted by Crippen LogP contribution is 2.25. The summed E-state index contributed by atoms with van der Waals surface area (Å²) in [7, 11) is -3.79. The molecule has 0 fully saturated rings. The average molecular weight is 542 g/mol. The van der Waals surface area contributed by atoms with E-state index in [1.165, 1.54) is 30.3 Å². The van der Waals surface area contributed by atoms with Crippen LogP contribution in [0.1, 0.15) is 22.3 Å². The molecule has 4 aromatic rings. The van der Waals surface area contributed by atoms with Crippen molar-refractivity contribution in [2.45, 2.75) is 11.3 Å². The largest absolute Gasteiger partial charge is 0.383 e. The van der Waals surface area contributed by atoms with Crippen molar-refractivity contribution < 1.29 is 22.0 Å². The third kappa shape index (κ3) is 6.56. The molecule has 0 saturated carbocycles. The van der Waals surface area contributed by atoms with E-state index in [1.54, 1.807) is 18.5 Å². The summed E-state index contributed by atoms with van der Waals surface area (Å²) in [4.78, 5) is 16.5.